The van der Waals surface area contributed by atoms with Crippen LogP contribution >= 0.6 is 0 Å². The molecular weight excluding hydrogens is 324 g/mol. The van der Waals surface area contributed by atoms with Crippen LogP contribution in [0.5, 0.6) is 0 Å². The summed E-state index contributed by atoms with van der Waals surface area (Å²) in [5.41, 5.74) is 3.28. The molecular formula is C21H30N4O. The summed E-state index contributed by atoms with van der Waals surface area (Å²) in [5.74, 6) is 2.74. The van der Waals surface area contributed by atoms with Gasteiger partial charge in [0.1, 0.15) is 11.6 Å². The fraction of sp³-hybridized carbons (Fsp3) is 0.571. The molecule has 0 bridgehead atoms. The summed E-state index contributed by atoms with van der Waals surface area (Å²) in [5, 5.41) is 11.8. The molecule has 1 aliphatic carbocycles. The molecule has 5 nitrogen and oxygen atoms in total. The summed E-state index contributed by atoms with van der Waals surface area (Å²) in [4.78, 5) is 12.3. The molecule has 1 saturated carbocycles. The lowest BCUT2D eigenvalue weighted by molar-refractivity contribution is -0.116. The van der Waals surface area contributed by atoms with Crippen molar-refractivity contribution in [3.8, 4) is 0 Å². The Morgan fingerprint density at radius 3 is 2.46 bits per heavy atom. The largest absolute Gasteiger partial charge is 0.326 e. The van der Waals surface area contributed by atoms with Gasteiger partial charge >= 0.3 is 0 Å². The predicted octanol–water partition coefficient (Wildman–Crippen LogP) is 4.39. The van der Waals surface area contributed by atoms with E-state index in [-0.39, 0.29) is 5.91 Å². The van der Waals surface area contributed by atoms with Crippen LogP contribution in [0.25, 0.3) is 0 Å². The van der Waals surface area contributed by atoms with E-state index in [1.807, 2.05) is 18.2 Å². The Morgan fingerprint density at radius 1 is 1.15 bits per heavy atom. The Kier molecular flexibility index (Phi) is 5.74. The van der Waals surface area contributed by atoms with Crippen LogP contribution in [-0.2, 0) is 17.6 Å². The number of aryl methyl sites for hydroxylation is 4. The van der Waals surface area contributed by atoms with Crippen molar-refractivity contribution >= 4 is 11.6 Å². The van der Waals surface area contributed by atoms with Gasteiger partial charge in [0, 0.05) is 31.0 Å². The molecule has 1 heterocycles. The van der Waals surface area contributed by atoms with Gasteiger partial charge in [-0.3, -0.25) is 4.79 Å². The summed E-state index contributed by atoms with van der Waals surface area (Å²) in [6.07, 6.45) is 5.57. The van der Waals surface area contributed by atoms with E-state index < -0.39 is 0 Å². The van der Waals surface area contributed by atoms with Gasteiger partial charge in [0.25, 0.3) is 0 Å². The van der Waals surface area contributed by atoms with Crippen molar-refractivity contribution in [1.29, 1.82) is 0 Å². The van der Waals surface area contributed by atoms with Crippen LogP contribution in [0.2, 0.25) is 0 Å². The van der Waals surface area contributed by atoms with Crippen molar-refractivity contribution in [2.45, 2.75) is 72.3 Å². The Balaban J connectivity index is 1.60. The third-order valence-electron chi connectivity index (χ3n) is 5.06. The maximum atomic E-state index is 12.3. The summed E-state index contributed by atoms with van der Waals surface area (Å²) in [6.45, 7) is 8.59. The summed E-state index contributed by atoms with van der Waals surface area (Å²) in [7, 11) is 0. The molecule has 0 aliphatic heterocycles. The number of hydrogen-bond acceptors (Lipinski definition) is 3. The van der Waals surface area contributed by atoms with E-state index in [1.165, 1.54) is 24.0 Å². The smallest absolute Gasteiger partial charge is 0.224 e. The lowest BCUT2D eigenvalue weighted by Crippen LogP contribution is -2.14. The molecule has 1 aliphatic rings. The van der Waals surface area contributed by atoms with E-state index in [0.29, 0.717) is 24.8 Å². The normalized spacial score (nSPS) is 14.0. The van der Waals surface area contributed by atoms with Gasteiger partial charge in [-0.1, -0.05) is 19.9 Å². The first-order chi connectivity index (χ1) is 12.4. The Bertz CT molecular complexity index is 774. The van der Waals surface area contributed by atoms with Crippen LogP contribution in [0.4, 0.5) is 5.69 Å². The number of hydrogen-bond donors (Lipinski definition) is 1. The second kappa shape index (κ2) is 8.02. The maximum Gasteiger partial charge on any atom is 0.224 e. The first kappa shape index (κ1) is 18.6. The number of nitrogens with one attached hydrogen (secondary N) is 1. The van der Waals surface area contributed by atoms with Crippen LogP contribution < -0.4 is 5.32 Å². The van der Waals surface area contributed by atoms with Gasteiger partial charge < -0.3 is 9.88 Å². The van der Waals surface area contributed by atoms with Gasteiger partial charge in [-0.2, -0.15) is 0 Å². The van der Waals surface area contributed by atoms with Crippen molar-refractivity contribution in [2.24, 2.45) is 5.92 Å². The summed E-state index contributed by atoms with van der Waals surface area (Å²) in [6, 6.07) is 6.56. The Morgan fingerprint density at radius 2 is 1.85 bits per heavy atom. The summed E-state index contributed by atoms with van der Waals surface area (Å²) >= 11 is 0. The van der Waals surface area contributed by atoms with E-state index in [0.717, 1.165) is 30.2 Å². The molecule has 140 valence electrons. The molecule has 5 heteroatoms. The van der Waals surface area contributed by atoms with Crippen LogP contribution in [-0.4, -0.2) is 20.7 Å². The maximum absolute atomic E-state index is 12.3. The number of benzene rings is 1. The molecule has 1 amide bonds. The lowest BCUT2D eigenvalue weighted by atomic mass is 10.1. The SMILES string of the molecule is Cc1ccc(NC(=O)CCc2nnc(CCC(C)C)n2C2CC2)cc1C. The fourth-order valence-corrected chi connectivity index (χ4v) is 3.14. The first-order valence-electron chi connectivity index (χ1n) is 9.73. The molecule has 1 fully saturated rings. The van der Waals surface area contributed by atoms with Gasteiger partial charge in [0.15, 0.2) is 0 Å². The van der Waals surface area contributed by atoms with Crippen molar-refractivity contribution in [3.63, 3.8) is 0 Å². The van der Waals surface area contributed by atoms with Gasteiger partial charge in [0.05, 0.1) is 0 Å². The van der Waals surface area contributed by atoms with Crippen molar-refractivity contribution < 1.29 is 4.79 Å². The molecule has 1 aromatic carbocycles. The average Bonchev–Trinajstić information content (AvgIpc) is 3.34. The zero-order chi connectivity index (χ0) is 18.7. The van der Waals surface area contributed by atoms with Crippen molar-refractivity contribution in [2.75, 3.05) is 5.32 Å². The molecule has 26 heavy (non-hydrogen) atoms. The highest BCUT2D eigenvalue weighted by Gasteiger charge is 2.29. The third-order valence-corrected chi connectivity index (χ3v) is 5.06. The quantitative estimate of drug-likeness (QED) is 0.765. The number of carbonyl (C=O) groups excluding carboxylic acids is 1. The monoisotopic (exact) mass is 354 g/mol. The minimum absolute atomic E-state index is 0.0299. The Labute approximate surface area is 156 Å². The Hall–Kier alpha value is -2.17. The lowest BCUT2D eigenvalue weighted by Gasteiger charge is -2.11. The van der Waals surface area contributed by atoms with Crippen molar-refractivity contribution in [1.82, 2.24) is 14.8 Å². The number of anilines is 1. The topological polar surface area (TPSA) is 59.8 Å². The molecule has 0 atom stereocenters. The van der Waals surface area contributed by atoms with Crippen molar-refractivity contribution in [3.05, 3.63) is 41.0 Å². The highest BCUT2D eigenvalue weighted by molar-refractivity contribution is 5.90. The number of amides is 1. The van der Waals surface area contributed by atoms with Gasteiger partial charge in [-0.15, -0.1) is 10.2 Å². The van der Waals surface area contributed by atoms with Gasteiger partial charge in [-0.05, 0) is 62.3 Å². The molecule has 1 aromatic heterocycles. The molecule has 3 rings (SSSR count). The standard InChI is InChI=1S/C21H30N4O/c1-14(2)5-10-19-23-24-20(25(19)18-8-9-18)11-12-21(26)22-17-7-6-15(3)16(4)13-17/h6-7,13-14,18H,5,8-12H2,1-4H3,(H,22,26). The second-order valence-corrected chi connectivity index (χ2v) is 7.91. The van der Waals surface area contributed by atoms with E-state index in [4.69, 9.17) is 0 Å². The number of nitrogens with zero attached hydrogens (tertiary/aromatic N) is 3. The molecule has 0 radical (unpaired) electrons. The van der Waals surface area contributed by atoms with Gasteiger partial charge in [-0.25, -0.2) is 0 Å². The van der Waals surface area contributed by atoms with E-state index in [1.54, 1.807) is 0 Å². The van der Waals surface area contributed by atoms with E-state index in [2.05, 4.69) is 47.8 Å². The van der Waals surface area contributed by atoms with Crippen LogP contribution in [0.3, 0.4) is 0 Å². The number of carbonyl (C=O) groups is 1. The van der Waals surface area contributed by atoms with Crippen LogP contribution in [0.1, 0.15) is 68.3 Å². The number of aromatic nitrogens is 3. The highest BCUT2D eigenvalue weighted by Crippen LogP contribution is 2.37. The minimum atomic E-state index is 0.0299. The third kappa shape index (κ3) is 4.71. The average molecular weight is 354 g/mol. The molecule has 0 saturated heterocycles. The van der Waals surface area contributed by atoms with Crippen LogP contribution in [0.15, 0.2) is 18.2 Å². The molecule has 0 unspecified atom stereocenters. The molecule has 2 aromatic rings. The zero-order valence-corrected chi connectivity index (χ0v) is 16.4. The molecule has 1 N–H and O–H groups in total. The second-order valence-electron chi connectivity index (χ2n) is 7.91. The van der Waals surface area contributed by atoms with Gasteiger partial charge in [0.2, 0.25) is 5.91 Å². The first-order valence-corrected chi connectivity index (χ1v) is 9.73. The molecule has 0 spiro atoms. The van der Waals surface area contributed by atoms with E-state index in [9.17, 15) is 4.79 Å². The fourth-order valence-electron chi connectivity index (χ4n) is 3.14. The van der Waals surface area contributed by atoms with Crippen LogP contribution in [0, 0.1) is 19.8 Å². The zero-order valence-electron chi connectivity index (χ0n) is 16.4. The van der Waals surface area contributed by atoms with E-state index >= 15 is 0 Å². The highest BCUT2D eigenvalue weighted by atomic mass is 16.1. The predicted molar refractivity (Wildman–Crippen MR) is 104 cm³/mol. The summed E-state index contributed by atoms with van der Waals surface area (Å²) < 4.78 is 2.30. The minimum Gasteiger partial charge on any atom is -0.326 e. The number of rotatable bonds is 8.